The molecular weight excluding hydrogens is 253 g/mol. The van der Waals surface area contributed by atoms with E-state index in [1.54, 1.807) is 0 Å². The molecule has 1 amide bonds. The average Bonchev–Trinajstić information content (AvgIpc) is 2.21. The topological polar surface area (TPSA) is 55.4 Å². The van der Waals surface area contributed by atoms with Crippen molar-refractivity contribution < 1.29 is 14.3 Å². The zero-order valence-electron chi connectivity index (χ0n) is 8.64. The molecule has 1 aromatic carbocycles. The van der Waals surface area contributed by atoms with Crippen LogP contribution in [0.5, 0.6) is 0 Å². The second kappa shape index (κ2) is 5.18. The van der Waals surface area contributed by atoms with Crippen LogP contribution in [0.4, 0.5) is 5.69 Å². The lowest BCUT2D eigenvalue weighted by Crippen LogP contribution is -2.08. The number of rotatable bonds is 2. The quantitative estimate of drug-likeness (QED) is 0.833. The number of methoxy groups -OCH3 is 1. The van der Waals surface area contributed by atoms with Gasteiger partial charge >= 0.3 is 5.97 Å². The van der Waals surface area contributed by atoms with Crippen molar-refractivity contribution in [3.63, 3.8) is 0 Å². The maximum absolute atomic E-state index is 11.2. The van der Waals surface area contributed by atoms with Gasteiger partial charge in [-0.25, -0.2) is 4.79 Å². The lowest BCUT2D eigenvalue weighted by Gasteiger charge is -2.09. The Morgan fingerprint density at radius 1 is 1.25 bits per heavy atom. The average molecular weight is 262 g/mol. The Bertz CT molecular complexity index is 423. The summed E-state index contributed by atoms with van der Waals surface area (Å²) in [6.45, 7) is 1.33. The lowest BCUT2D eigenvalue weighted by atomic mass is 10.2. The SMILES string of the molecule is COC(=O)c1cc(Cl)c(NC(C)=O)c(Cl)c1. The van der Waals surface area contributed by atoms with Crippen molar-refractivity contribution in [1.82, 2.24) is 0 Å². The molecule has 0 aliphatic heterocycles. The van der Waals surface area contributed by atoms with Gasteiger partial charge in [0.1, 0.15) is 0 Å². The van der Waals surface area contributed by atoms with Crippen molar-refractivity contribution in [2.45, 2.75) is 6.92 Å². The lowest BCUT2D eigenvalue weighted by molar-refractivity contribution is -0.114. The molecule has 0 bridgehead atoms. The van der Waals surface area contributed by atoms with Gasteiger partial charge in [0, 0.05) is 6.92 Å². The molecule has 0 radical (unpaired) electrons. The first kappa shape index (κ1) is 12.8. The number of esters is 1. The minimum atomic E-state index is -0.543. The largest absolute Gasteiger partial charge is 0.465 e. The van der Waals surface area contributed by atoms with E-state index in [0.717, 1.165) is 0 Å². The first-order valence-corrected chi connectivity index (χ1v) is 5.06. The Labute approximate surface area is 102 Å². The number of amides is 1. The zero-order chi connectivity index (χ0) is 12.3. The van der Waals surface area contributed by atoms with Crippen molar-refractivity contribution in [3.05, 3.63) is 27.7 Å². The molecule has 1 rings (SSSR count). The minimum absolute atomic E-state index is 0.183. The van der Waals surface area contributed by atoms with Crippen LogP contribution in [0.25, 0.3) is 0 Å². The van der Waals surface area contributed by atoms with Crippen molar-refractivity contribution in [2.24, 2.45) is 0 Å². The summed E-state index contributed by atoms with van der Waals surface area (Å²) in [4.78, 5) is 22.1. The number of carbonyl (C=O) groups is 2. The summed E-state index contributed by atoms with van der Waals surface area (Å²) in [5.41, 5.74) is 0.509. The Morgan fingerprint density at radius 3 is 2.12 bits per heavy atom. The number of hydrogen-bond donors (Lipinski definition) is 1. The summed E-state index contributed by atoms with van der Waals surface area (Å²) in [5, 5.41) is 2.84. The van der Waals surface area contributed by atoms with E-state index in [2.05, 4.69) is 10.1 Å². The van der Waals surface area contributed by atoms with Crippen LogP contribution in [-0.2, 0) is 9.53 Å². The minimum Gasteiger partial charge on any atom is -0.465 e. The van der Waals surface area contributed by atoms with Crippen LogP contribution in [0.3, 0.4) is 0 Å². The third-order valence-corrected chi connectivity index (χ3v) is 2.36. The molecular formula is C10H9Cl2NO3. The Kier molecular flexibility index (Phi) is 4.15. The van der Waals surface area contributed by atoms with Crippen LogP contribution in [0.15, 0.2) is 12.1 Å². The summed E-state index contributed by atoms with van der Waals surface area (Å²) in [7, 11) is 1.26. The van der Waals surface area contributed by atoms with Gasteiger partial charge in [-0.3, -0.25) is 4.79 Å². The van der Waals surface area contributed by atoms with E-state index in [0.29, 0.717) is 0 Å². The molecule has 16 heavy (non-hydrogen) atoms. The van der Waals surface area contributed by atoms with Gasteiger partial charge in [0.05, 0.1) is 28.4 Å². The smallest absolute Gasteiger partial charge is 0.337 e. The Morgan fingerprint density at radius 2 is 1.75 bits per heavy atom. The van der Waals surface area contributed by atoms with Crippen molar-refractivity contribution in [3.8, 4) is 0 Å². The van der Waals surface area contributed by atoms with E-state index in [9.17, 15) is 9.59 Å². The standard InChI is InChI=1S/C10H9Cl2NO3/c1-5(14)13-9-7(11)3-6(4-8(9)12)10(15)16-2/h3-4H,1-2H3,(H,13,14). The van der Waals surface area contributed by atoms with Gasteiger partial charge in [0.2, 0.25) is 5.91 Å². The number of carbonyl (C=O) groups excluding carboxylic acids is 2. The highest BCUT2D eigenvalue weighted by atomic mass is 35.5. The molecule has 0 aliphatic rings. The normalized spacial score (nSPS) is 9.75. The molecule has 0 spiro atoms. The molecule has 0 heterocycles. The van der Waals surface area contributed by atoms with Gasteiger partial charge in [-0.2, -0.15) is 0 Å². The van der Waals surface area contributed by atoms with Gasteiger partial charge in [-0.05, 0) is 12.1 Å². The van der Waals surface area contributed by atoms with Gasteiger partial charge < -0.3 is 10.1 Å². The molecule has 0 unspecified atom stereocenters. The monoisotopic (exact) mass is 261 g/mol. The second-order valence-electron chi connectivity index (χ2n) is 2.99. The molecule has 6 heteroatoms. The van der Waals surface area contributed by atoms with Crippen LogP contribution in [0.1, 0.15) is 17.3 Å². The maximum atomic E-state index is 11.2. The van der Waals surface area contributed by atoms with Gasteiger partial charge in [-0.15, -0.1) is 0 Å². The van der Waals surface area contributed by atoms with Crippen LogP contribution < -0.4 is 5.32 Å². The summed E-state index contributed by atoms with van der Waals surface area (Å²) in [6, 6.07) is 2.76. The predicted molar refractivity (Wildman–Crippen MR) is 62.1 cm³/mol. The molecule has 0 fully saturated rings. The van der Waals surface area contributed by atoms with Gasteiger partial charge in [-0.1, -0.05) is 23.2 Å². The van der Waals surface area contributed by atoms with Crippen LogP contribution >= 0.6 is 23.2 Å². The Hall–Kier alpha value is -1.26. The van der Waals surface area contributed by atoms with Gasteiger partial charge in [0.25, 0.3) is 0 Å². The van der Waals surface area contributed by atoms with Crippen LogP contribution in [-0.4, -0.2) is 19.0 Å². The zero-order valence-corrected chi connectivity index (χ0v) is 10.1. The fourth-order valence-corrected chi connectivity index (χ4v) is 1.69. The van der Waals surface area contributed by atoms with Crippen LogP contribution in [0, 0.1) is 0 Å². The highest BCUT2D eigenvalue weighted by Crippen LogP contribution is 2.32. The summed E-state index contributed by atoms with van der Waals surface area (Å²) in [5.74, 6) is -0.840. The molecule has 0 saturated heterocycles. The van der Waals surface area contributed by atoms with E-state index in [-0.39, 0.29) is 27.2 Å². The third kappa shape index (κ3) is 2.87. The first-order valence-electron chi connectivity index (χ1n) is 4.30. The molecule has 86 valence electrons. The third-order valence-electron chi connectivity index (χ3n) is 1.76. The van der Waals surface area contributed by atoms with E-state index in [1.807, 2.05) is 0 Å². The van der Waals surface area contributed by atoms with Crippen molar-refractivity contribution >= 4 is 40.8 Å². The highest BCUT2D eigenvalue weighted by Gasteiger charge is 2.13. The van der Waals surface area contributed by atoms with E-state index >= 15 is 0 Å². The number of hydrogen-bond acceptors (Lipinski definition) is 3. The number of benzene rings is 1. The molecule has 0 saturated carbocycles. The van der Waals surface area contributed by atoms with Gasteiger partial charge in [0.15, 0.2) is 0 Å². The molecule has 0 aromatic heterocycles. The Balaban J connectivity index is 3.17. The fraction of sp³-hybridized carbons (Fsp3) is 0.200. The summed E-state index contributed by atoms with van der Waals surface area (Å²) < 4.78 is 4.52. The van der Waals surface area contributed by atoms with Crippen molar-refractivity contribution in [2.75, 3.05) is 12.4 Å². The molecule has 0 aliphatic carbocycles. The van der Waals surface area contributed by atoms with E-state index in [4.69, 9.17) is 23.2 Å². The molecule has 1 N–H and O–H groups in total. The predicted octanol–water partition coefficient (Wildman–Crippen LogP) is 2.74. The number of anilines is 1. The first-order chi connectivity index (χ1) is 7.45. The summed E-state index contributed by atoms with van der Waals surface area (Å²) in [6.07, 6.45) is 0. The number of halogens is 2. The fourth-order valence-electron chi connectivity index (χ4n) is 1.10. The maximum Gasteiger partial charge on any atom is 0.337 e. The van der Waals surface area contributed by atoms with E-state index in [1.165, 1.54) is 26.2 Å². The number of ether oxygens (including phenoxy) is 1. The molecule has 4 nitrogen and oxygen atoms in total. The van der Waals surface area contributed by atoms with Crippen molar-refractivity contribution in [1.29, 1.82) is 0 Å². The molecule has 0 atom stereocenters. The summed E-state index contributed by atoms with van der Waals surface area (Å²) >= 11 is 11.7. The number of nitrogens with one attached hydrogen (secondary N) is 1. The molecule has 1 aromatic rings. The van der Waals surface area contributed by atoms with E-state index < -0.39 is 5.97 Å². The highest BCUT2D eigenvalue weighted by molar-refractivity contribution is 6.40. The van der Waals surface area contributed by atoms with Crippen LogP contribution in [0.2, 0.25) is 10.0 Å². The second-order valence-corrected chi connectivity index (χ2v) is 3.80.